The molecule has 1 nitrogen and oxygen atoms in total. The van der Waals surface area contributed by atoms with Crippen molar-refractivity contribution in [2.45, 2.75) is 32.9 Å². The van der Waals surface area contributed by atoms with Crippen LogP contribution in [0.25, 0.3) is 0 Å². The zero-order valence-electron chi connectivity index (χ0n) is 7.72. The van der Waals surface area contributed by atoms with Gasteiger partial charge in [0.25, 0.3) is 0 Å². The van der Waals surface area contributed by atoms with Crippen LogP contribution in [0.4, 0.5) is 0 Å². The van der Waals surface area contributed by atoms with Crippen LogP contribution in [0.2, 0.25) is 12.6 Å². The van der Waals surface area contributed by atoms with Crippen molar-refractivity contribution < 1.29 is 4.80 Å². The Hall–Kier alpha value is -0.343. The third kappa shape index (κ3) is 6.07. The van der Waals surface area contributed by atoms with Gasteiger partial charge in [0, 0.05) is 0 Å². The highest BCUT2D eigenvalue weighted by Gasteiger charge is 2.17. The van der Waals surface area contributed by atoms with E-state index in [0.717, 1.165) is 12.5 Å². The summed E-state index contributed by atoms with van der Waals surface area (Å²) in [5.74, 6) is 0. The lowest BCUT2D eigenvalue weighted by Gasteiger charge is -2.12. The molecular formula is C9H18OSi. The molecule has 0 saturated heterocycles. The molecule has 0 radical (unpaired) electrons. The molecule has 0 aliphatic heterocycles. The SMILES string of the molecule is C=C[Si](C)(O)CCC=C(C)C. The van der Waals surface area contributed by atoms with Crippen LogP contribution in [-0.4, -0.2) is 13.1 Å². The van der Waals surface area contributed by atoms with Gasteiger partial charge >= 0.3 is 0 Å². The molecule has 64 valence electrons. The Morgan fingerprint density at radius 1 is 1.55 bits per heavy atom. The maximum atomic E-state index is 9.63. The van der Waals surface area contributed by atoms with Crippen LogP contribution < -0.4 is 0 Å². The number of rotatable bonds is 4. The summed E-state index contributed by atoms with van der Waals surface area (Å²) in [6.07, 6.45) is 3.14. The lowest BCUT2D eigenvalue weighted by atomic mass is 10.3. The van der Waals surface area contributed by atoms with Crippen molar-refractivity contribution in [3.8, 4) is 0 Å². The zero-order valence-corrected chi connectivity index (χ0v) is 8.72. The first-order chi connectivity index (χ1) is 4.98. The van der Waals surface area contributed by atoms with E-state index in [1.54, 1.807) is 5.70 Å². The van der Waals surface area contributed by atoms with E-state index in [4.69, 9.17) is 0 Å². The summed E-state index contributed by atoms with van der Waals surface area (Å²) in [5, 5.41) is 0. The van der Waals surface area contributed by atoms with Gasteiger partial charge in [0.1, 0.15) is 0 Å². The van der Waals surface area contributed by atoms with Crippen molar-refractivity contribution in [3.05, 3.63) is 23.9 Å². The van der Waals surface area contributed by atoms with Gasteiger partial charge in [-0.25, -0.2) is 0 Å². The first kappa shape index (κ1) is 10.7. The molecule has 0 spiro atoms. The van der Waals surface area contributed by atoms with E-state index in [0.29, 0.717) is 0 Å². The predicted octanol–water partition coefficient (Wildman–Crippen LogP) is 2.64. The van der Waals surface area contributed by atoms with Gasteiger partial charge in [0.2, 0.25) is 8.32 Å². The summed E-state index contributed by atoms with van der Waals surface area (Å²) in [4.78, 5) is 9.63. The number of allylic oxidation sites excluding steroid dienone is 2. The average Bonchev–Trinajstić information content (AvgIpc) is 1.87. The molecule has 0 fully saturated rings. The molecule has 11 heavy (non-hydrogen) atoms. The molecule has 0 aliphatic rings. The maximum Gasteiger partial charge on any atom is 0.209 e. The molecule has 0 saturated carbocycles. The molecule has 1 N–H and O–H groups in total. The third-order valence-corrected chi connectivity index (χ3v) is 3.82. The number of hydrogen-bond donors (Lipinski definition) is 1. The smallest absolute Gasteiger partial charge is 0.209 e. The zero-order chi connectivity index (χ0) is 8.91. The molecule has 1 atom stereocenters. The molecule has 0 amide bonds. The Labute approximate surface area is 70.6 Å². The van der Waals surface area contributed by atoms with Crippen LogP contribution in [0.1, 0.15) is 20.3 Å². The van der Waals surface area contributed by atoms with E-state index in [1.165, 1.54) is 5.57 Å². The van der Waals surface area contributed by atoms with Crippen molar-refractivity contribution in [2.24, 2.45) is 0 Å². The van der Waals surface area contributed by atoms with Crippen molar-refractivity contribution in [1.82, 2.24) is 0 Å². The van der Waals surface area contributed by atoms with Gasteiger partial charge in [-0.2, -0.15) is 0 Å². The second-order valence-electron chi connectivity index (χ2n) is 3.38. The minimum atomic E-state index is -2.02. The normalized spacial score (nSPS) is 15.3. The summed E-state index contributed by atoms with van der Waals surface area (Å²) in [6, 6.07) is 0.891. The van der Waals surface area contributed by atoms with Crippen LogP contribution in [0.15, 0.2) is 23.9 Å². The third-order valence-electron chi connectivity index (χ3n) is 1.64. The van der Waals surface area contributed by atoms with Gasteiger partial charge in [0.05, 0.1) is 0 Å². The molecule has 1 unspecified atom stereocenters. The predicted molar refractivity (Wildman–Crippen MR) is 52.9 cm³/mol. The Bertz CT molecular complexity index is 155. The van der Waals surface area contributed by atoms with Crippen LogP contribution in [-0.2, 0) is 0 Å². The molecule has 0 aliphatic carbocycles. The Morgan fingerprint density at radius 3 is 2.45 bits per heavy atom. The summed E-state index contributed by atoms with van der Waals surface area (Å²) in [5.41, 5.74) is 3.05. The fourth-order valence-electron chi connectivity index (χ4n) is 0.755. The maximum absolute atomic E-state index is 9.63. The first-order valence-electron chi connectivity index (χ1n) is 3.97. The van der Waals surface area contributed by atoms with E-state index >= 15 is 0 Å². The molecule has 0 aromatic heterocycles. The lowest BCUT2D eigenvalue weighted by molar-refractivity contribution is 0.555. The molecule has 2 heteroatoms. The van der Waals surface area contributed by atoms with Gasteiger partial charge < -0.3 is 4.80 Å². The fourth-order valence-corrected chi connectivity index (χ4v) is 1.69. The van der Waals surface area contributed by atoms with E-state index in [2.05, 4.69) is 26.5 Å². The molecular weight excluding hydrogens is 152 g/mol. The van der Waals surface area contributed by atoms with Gasteiger partial charge in [-0.1, -0.05) is 17.3 Å². The molecule has 0 aromatic rings. The number of hydrogen-bond acceptors (Lipinski definition) is 1. The van der Waals surface area contributed by atoms with Crippen LogP contribution in [0, 0.1) is 0 Å². The van der Waals surface area contributed by atoms with E-state index in [-0.39, 0.29) is 0 Å². The summed E-state index contributed by atoms with van der Waals surface area (Å²) in [7, 11) is -2.02. The van der Waals surface area contributed by atoms with E-state index < -0.39 is 8.32 Å². The topological polar surface area (TPSA) is 20.2 Å². The highest BCUT2D eigenvalue weighted by molar-refractivity contribution is 6.76. The van der Waals surface area contributed by atoms with Gasteiger partial charge in [-0.3, -0.25) is 0 Å². The molecule has 0 bridgehead atoms. The van der Waals surface area contributed by atoms with Crippen molar-refractivity contribution >= 4 is 8.32 Å². The highest BCUT2D eigenvalue weighted by atomic mass is 28.4. The molecule has 0 rings (SSSR count). The average molecular weight is 170 g/mol. The second kappa shape index (κ2) is 4.52. The van der Waals surface area contributed by atoms with Gasteiger partial charge in [-0.05, 0) is 32.9 Å². The van der Waals surface area contributed by atoms with E-state index in [1.807, 2.05) is 6.55 Å². The molecule has 0 heterocycles. The highest BCUT2D eigenvalue weighted by Crippen LogP contribution is 2.10. The van der Waals surface area contributed by atoms with Gasteiger partial charge in [0.15, 0.2) is 0 Å². The van der Waals surface area contributed by atoms with Gasteiger partial charge in [-0.15, -0.1) is 6.58 Å². The second-order valence-corrected chi connectivity index (χ2v) is 7.00. The molecule has 0 aromatic carbocycles. The monoisotopic (exact) mass is 170 g/mol. The largest absolute Gasteiger partial charge is 0.428 e. The first-order valence-corrected chi connectivity index (χ1v) is 6.70. The van der Waals surface area contributed by atoms with Crippen LogP contribution in [0.3, 0.4) is 0 Å². The van der Waals surface area contributed by atoms with Crippen LogP contribution in [0.5, 0.6) is 0 Å². The minimum absolute atomic E-state index is 0.891. The Morgan fingerprint density at radius 2 is 2.09 bits per heavy atom. The standard InChI is InChI=1S/C9H18OSi/c1-5-11(4,10)8-6-7-9(2)3/h5,7,10H,1,6,8H2,2-4H3. The van der Waals surface area contributed by atoms with Crippen molar-refractivity contribution in [2.75, 3.05) is 0 Å². The van der Waals surface area contributed by atoms with Crippen molar-refractivity contribution in [3.63, 3.8) is 0 Å². The summed E-state index contributed by atoms with van der Waals surface area (Å²) in [6.45, 7) is 9.68. The lowest BCUT2D eigenvalue weighted by Crippen LogP contribution is -2.26. The fraction of sp³-hybridized carbons (Fsp3) is 0.556. The van der Waals surface area contributed by atoms with Crippen molar-refractivity contribution in [1.29, 1.82) is 0 Å². The quantitative estimate of drug-likeness (QED) is 0.508. The van der Waals surface area contributed by atoms with E-state index in [9.17, 15) is 4.80 Å². The Balaban J connectivity index is 3.71. The summed E-state index contributed by atoms with van der Waals surface area (Å²) >= 11 is 0. The van der Waals surface area contributed by atoms with Crippen LogP contribution >= 0.6 is 0 Å². The Kier molecular flexibility index (Phi) is 4.38. The summed E-state index contributed by atoms with van der Waals surface area (Å²) < 4.78 is 0. The minimum Gasteiger partial charge on any atom is -0.428 e.